The third-order valence-electron chi connectivity index (χ3n) is 1.95. The van der Waals surface area contributed by atoms with Crippen LogP contribution in [-0.2, 0) is 6.54 Å². The molecule has 0 bridgehead atoms. The Hall–Kier alpha value is -2.04. The van der Waals surface area contributed by atoms with Crippen LogP contribution in [0.1, 0.15) is 5.56 Å². The molecule has 2 rings (SSSR count). The van der Waals surface area contributed by atoms with Crippen LogP contribution in [0.2, 0.25) is 0 Å². The molecule has 2 amide bonds. The van der Waals surface area contributed by atoms with E-state index < -0.39 is 6.03 Å². The molecule has 5 nitrogen and oxygen atoms in total. The van der Waals surface area contributed by atoms with Gasteiger partial charge in [-0.05, 0) is 17.7 Å². The summed E-state index contributed by atoms with van der Waals surface area (Å²) in [4.78, 5) is 17.6. The van der Waals surface area contributed by atoms with Gasteiger partial charge in [-0.3, -0.25) is 0 Å². The fourth-order valence-electron chi connectivity index (χ4n) is 1.28. The van der Waals surface area contributed by atoms with Crippen molar-refractivity contribution in [3.8, 4) is 0 Å². The maximum Gasteiger partial charge on any atom is 0.312 e. The fourth-order valence-corrected chi connectivity index (χ4v) is 1.28. The van der Waals surface area contributed by atoms with Gasteiger partial charge >= 0.3 is 6.03 Å². The van der Waals surface area contributed by atoms with Crippen molar-refractivity contribution in [1.82, 2.24) is 15.3 Å². The summed E-state index contributed by atoms with van der Waals surface area (Å²) in [5, 5.41) is 2.52. The van der Waals surface area contributed by atoms with Gasteiger partial charge in [0.15, 0.2) is 0 Å². The maximum atomic E-state index is 10.5. The van der Waals surface area contributed by atoms with Crippen molar-refractivity contribution in [2.75, 3.05) is 0 Å². The van der Waals surface area contributed by atoms with Crippen LogP contribution in [0.25, 0.3) is 11.0 Å². The van der Waals surface area contributed by atoms with Gasteiger partial charge in [-0.2, -0.15) is 0 Å². The lowest BCUT2D eigenvalue weighted by Gasteiger charge is -2.01. The monoisotopic (exact) mass is 190 g/mol. The zero-order chi connectivity index (χ0) is 9.97. The van der Waals surface area contributed by atoms with E-state index >= 15 is 0 Å². The molecule has 0 spiro atoms. The standard InChI is InChI=1S/C9H10N4O/c10-9(14)11-4-6-1-2-7-8(3-6)13-5-12-7/h1-3,5H,4H2,(H,12,13)(H3,10,11,14). The molecule has 72 valence electrons. The van der Waals surface area contributed by atoms with Crippen molar-refractivity contribution in [3.63, 3.8) is 0 Å². The number of nitrogens with two attached hydrogens (primary N) is 1. The van der Waals surface area contributed by atoms with E-state index in [0.29, 0.717) is 6.54 Å². The van der Waals surface area contributed by atoms with Crippen molar-refractivity contribution in [2.45, 2.75) is 6.54 Å². The van der Waals surface area contributed by atoms with Crippen LogP contribution in [0, 0.1) is 0 Å². The Morgan fingerprint density at radius 1 is 1.57 bits per heavy atom. The zero-order valence-electron chi connectivity index (χ0n) is 7.45. The van der Waals surface area contributed by atoms with Crippen LogP contribution in [-0.4, -0.2) is 16.0 Å². The first-order chi connectivity index (χ1) is 6.75. The molecular formula is C9H10N4O. The number of H-pyrrole nitrogens is 1. The van der Waals surface area contributed by atoms with Gasteiger partial charge in [-0.1, -0.05) is 6.07 Å². The van der Waals surface area contributed by atoms with Crippen LogP contribution >= 0.6 is 0 Å². The minimum Gasteiger partial charge on any atom is -0.352 e. The van der Waals surface area contributed by atoms with Crippen LogP contribution < -0.4 is 11.1 Å². The molecule has 0 aliphatic carbocycles. The quantitative estimate of drug-likeness (QED) is 0.652. The van der Waals surface area contributed by atoms with E-state index in [0.717, 1.165) is 16.6 Å². The van der Waals surface area contributed by atoms with Crippen molar-refractivity contribution < 1.29 is 4.79 Å². The summed E-state index contributed by atoms with van der Waals surface area (Å²) in [6.07, 6.45) is 1.63. The number of aromatic amines is 1. The number of rotatable bonds is 2. The maximum absolute atomic E-state index is 10.5. The number of hydrogen-bond donors (Lipinski definition) is 3. The second kappa shape index (κ2) is 3.37. The fraction of sp³-hybridized carbons (Fsp3) is 0.111. The Labute approximate surface area is 80.3 Å². The molecular weight excluding hydrogens is 180 g/mol. The first-order valence-corrected chi connectivity index (χ1v) is 4.21. The highest BCUT2D eigenvalue weighted by Gasteiger charge is 1.98. The SMILES string of the molecule is NC(=O)NCc1ccc2nc[nH]c2c1. The van der Waals surface area contributed by atoms with Gasteiger partial charge in [0.25, 0.3) is 0 Å². The molecule has 0 fully saturated rings. The average Bonchev–Trinajstić information content (AvgIpc) is 2.61. The predicted molar refractivity (Wildman–Crippen MR) is 52.5 cm³/mol. The lowest BCUT2D eigenvalue weighted by molar-refractivity contribution is 0.248. The Kier molecular flexibility index (Phi) is 2.06. The van der Waals surface area contributed by atoms with Crippen molar-refractivity contribution in [1.29, 1.82) is 0 Å². The highest BCUT2D eigenvalue weighted by Crippen LogP contribution is 2.10. The Morgan fingerprint density at radius 3 is 3.21 bits per heavy atom. The van der Waals surface area contributed by atoms with Gasteiger partial charge in [0.2, 0.25) is 0 Å². The van der Waals surface area contributed by atoms with Gasteiger partial charge in [0, 0.05) is 6.54 Å². The summed E-state index contributed by atoms with van der Waals surface area (Å²) in [5.74, 6) is 0. The van der Waals surface area contributed by atoms with E-state index in [2.05, 4.69) is 15.3 Å². The summed E-state index contributed by atoms with van der Waals surface area (Å²) >= 11 is 0. The van der Waals surface area contributed by atoms with E-state index in [4.69, 9.17) is 5.73 Å². The van der Waals surface area contributed by atoms with E-state index in [-0.39, 0.29) is 0 Å². The number of amides is 2. The smallest absolute Gasteiger partial charge is 0.312 e. The van der Waals surface area contributed by atoms with Gasteiger partial charge in [-0.15, -0.1) is 0 Å². The predicted octanol–water partition coefficient (Wildman–Crippen LogP) is 0.731. The van der Waals surface area contributed by atoms with Gasteiger partial charge < -0.3 is 16.0 Å². The van der Waals surface area contributed by atoms with Crippen LogP contribution in [0.4, 0.5) is 4.79 Å². The number of nitrogens with zero attached hydrogens (tertiary/aromatic N) is 1. The minimum atomic E-state index is -0.519. The molecule has 1 heterocycles. The van der Waals surface area contributed by atoms with E-state index in [9.17, 15) is 4.79 Å². The number of hydrogen-bond acceptors (Lipinski definition) is 2. The Bertz CT molecular complexity index is 463. The highest BCUT2D eigenvalue weighted by molar-refractivity contribution is 5.75. The highest BCUT2D eigenvalue weighted by atomic mass is 16.2. The molecule has 0 aliphatic heterocycles. The number of primary amides is 1. The number of nitrogens with one attached hydrogen (secondary N) is 2. The van der Waals surface area contributed by atoms with Crippen molar-refractivity contribution >= 4 is 17.1 Å². The second-order valence-electron chi connectivity index (χ2n) is 2.97. The molecule has 0 saturated carbocycles. The van der Waals surface area contributed by atoms with Gasteiger partial charge in [0.1, 0.15) is 0 Å². The van der Waals surface area contributed by atoms with Gasteiger partial charge in [0.05, 0.1) is 17.4 Å². The second-order valence-corrected chi connectivity index (χ2v) is 2.97. The Morgan fingerprint density at radius 2 is 2.43 bits per heavy atom. The summed E-state index contributed by atoms with van der Waals surface area (Å²) in [6.45, 7) is 0.435. The normalized spacial score (nSPS) is 10.3. The zero-order valence-corrected chi connectivity index (χ0v) is 7.45. The molecule has 1 aromatic carbocycles. The van der Waals surface area contributed by atoms with E-state index in [1.165, 1.54) is 0 Å². The largest absolute Gasteiger partial charge is 0.352 e. The Balaban J connectivity index is 2.21. The molecule has 5 heteroatoms. The van der Waals surface area contributed by atoms with Crippen molar-refractivity contribution in [2.24, 2.45) is 5.73 Å². The average molecular weight is 190 g/mol. The van der Waals surface area contributed by atoms with Crippen molar-refractivity contribution in [3.05, 3.63) is 30.1 Å². The molecule has 0 radical (unpaired) electrons. The van der Waals surface area contributed by atoms with E-state index in [1.54, 1.807) is 6.33 Å². The molecule has 0 unspecified atom stereocenters. The molecule has 0 aliphatic rings. The van der Waals surface area contributed by atoms with Crippen LogP contribution in [0.3, 0.4) is 0 Å². The number of urea groups is 1. The summed E-state index contributed by atoms with van der Waals surface area (Å²) in [5.41, 5.74) is 7.81. The third kappa shape index (κ3) is 1.66. The topological polar surface area (TPSA) is 83.8 Å². The molecule has 0 atom stereocenters. The number of imidazole rings is 1. The molecule has 1 aromatic heterocycles. The number of benzene rings is 1. The van der Waals surface area contributed by atoms with E-state index in [1.807, 2.05) is 18.2 Å². The number of carbonyl (C=O) groups excluding carboxylic acids is 1. The van der Waals surface area contributed by atoms with Crippen LogP contribution in [0.5, 0.6) is 0 Å². The molecule has 14 heavy (non-hydrogen) atoms. The number of carbonyl (C=O) groups is 1. The minimum absolute atomic E-state index is 0.435. The first-order valence-electron chi connectivity index (χ1n) is 4.21. The van der Waals surface area contributed by atoms with Gasteiger partial charge in [-0.25, -0.2) is 9.78 Å². The lowest BCUT2D eigenvalue weighted by Crippen LogP contribution is -2.28. The number of aromatic nitrogens is 2. The third-order valence-corrected chi connectivity index (χ3v) is 1.95. The summed E-state index contributed by atoms with van der Waals surface area (Å²) < 4.78 is 0. The number of fused-ring (bicyclic) bond motifs is 1. The first kappa shape index (κ1) is 8.55. The summed E-state index contributed by atoms with van der Waals surface area (Å²) in [7, 11) is 0. The van der Waals surface area contributed by atoms with Crippen LogP contribution in [0.15, 0.2) is 24.5 Å². The lowest BCUT2D eigenvalue weighted by atomic mass is 10.2. The molecule has 2 aromatic rings. The molecule has 0 saturated heterocycles. The summed E-state index contributed by atoms with van der Waals surface area (Å²) in [6, 6.07) is 5.20. The molecule has 4 N–H and O–H groups in total.